The third-order valence-electron chi connectivity index (χ3n) is 6.81. The highest BCUT2D eigenvalue weighted by Gasteiger charge is 2.48. The Hall–Kier alpha value is -4.55. The maximum Gasteiger partial charge on any atom is 0.410 e. The molecule has 1 spiro atoms. The smallest absolute Gasteiger partial charge is 0.410 e. The fourth-order valence-corrected chi connectivity index (χ4v) is 4.75. The van der Waals surface area contributed by atoms with Crippen LogP contribution in [0, 0.1) is 5.41 Å². The molecule has 2 aromatic rings. The number of nitrogens with one attached hydrogen (secondary N) is 2. The number of fused-ring (bicyclic) bond motifs is 2. The van der Waals surface area contributed by atoms with E-state index in [9.17, 15) is 14.4 Å². The molecule has 2 aliphatic heterocycles. The van der Waals surface area contributed by atoms with E-state index >= 15 is 0 Å². The van der Waals surface area contributed by atoms with Crippen LogP contribution in [0.1, 0.15) is 54.3 Å². The SMILES string of the molecule is CC(C)(C)OC(=O)N1CC2(COc3cc(C(N)=O)cc(N)c3NCCCCNc3c(N)cc(C(N)=O)cc3OC2)C1. The lowest BCUT2D eigenvalue weighted by molar-refractivity contribution is -0.0694. The van der Waals surface area contributed by atoms with Gasteiger partial charge < -0.3 is 52.7 Å². The topological polar surface area (TPSA) is 210 Å². The van der Waals surface area contributed by atoms with Crippen LogP contribution in [0.4, 0.5) is 27.5 Å². The van der Waals surface area contributed by atoms with Crippen LogP contribution in [-0.4, -0.2) is 67.8 Å². The molecule has 10 N–H and O–H groups in total. The molecule has 0 atom stereocenters. The van der Waals surface area contributed by atoms with Gasteiger partial charge in [-0.3, -0.25) is 9.59 Å². The highest BCUT2D eigenvalue weighted by atomic mass is 16.6. The van der Waals surface area contributed by atoms with Gasteiger partial charge in [0.2, 0.25) is 11.8 Å². The van der Waals surface area contributed by atoms with Gasteiger partial charge in [0.25, 0.3) is 0 Å². The molecule has 0 saturated carbocycles. The first-order chi connectivity index (χ1) is 19.3. The van der Waals surface area contributed by atoms with Crippen molar-refractivity contribution in [2.24, 2.45) is 16.9 Å². The van der Waals surface area contributed by atoms with Gasteiger partial charge in [0.1, 0.15) is 41.7 Å². The molecule has 0 bridgehead atoms. The van der Waals surface area contributed by atoms with Crippen molar-refractivity contribution >= 4 is 40.7 Å². The zero-order valence-corrected chi connectivity index (χ0v) is 23.7. The molecule has 2 heterocycles. The highest BCUT2D eigenvalue weighted by Crippen LogP contribution is 2.39. The number of hydrogen-bond donors (Lipinski definition) is 6. The lowest BCUT2D eigenvalue weighted by Crippen LogP contribution is -2.64. The first kappa shape index (κ1) is 29.4. The van der Waals surface area contributed by atoms with Crippen LogP contribution in [0.5, 0.6) is 11.5 Å². The number of nitrogen functional groups attached to an aromatic ring is 2. The second-order valence-corrected chi connectivity index (χ2v) is 11.6. The Morgan fingerprint density at radius 2 is 1.27 bits per heavy atom. The molecule has 0 unspecified atom stereocenters. The van der Waals surface area contributed by atoms with E-state index in [1.165, 1.54) is 12.1 Å². The summed E-state index contributed by atoms with van der Waals surface area (Å²) >= 11 is 0. The van der Waals surface area contributed by atoms with E-state index in [4.69, 9.17) is 37.1 Å². The number of amides is 3. The Balaban J connectivity index is 1.68. The van der Waals surface area contributed by atoms with Crippen LogP contribution in [0.3, 0.4) is 0 Å². The van der Waals surface area contributed by atoms with Crippen molar-refractivity contribution in [1.29, 1.82) is 0 Å². The lowest BCUT2D eigenvalue weighted by atomic mass is 9.81. The summed E-state index contributed by atoms with van der Waals surface area (Å²) < 4.78 is 18.1. The van der Waals surface area contributed by atoms with Crippen LogP contribution in [0.25, 0.3) is 0 Å². The predicted octanol–water partition coefficient (Wildman–Crippen LogP) is 2.36. The summed E-state index contributed by atoms with van der Waals surface area (Å²) in [6.07, 6.45) is 1.09. The molecule has 222 valence electrons. The first-order valence-electron chi connectivity index (χ1n) is 13.4. The molecule has 2 aromatic carbocycles. The third-order valence-corrected chi connectivity index (χ3v) is 6.81. The maximum absolute atomic E-state index is 12.8. The summed E-state index contributed by atoms with van der Waals surface area (Å²) in [7, 11) is 0. The molecule has 13 nitrogen and oxygen atoms in total. The van der Waals surface area contributed by atoms with Crippen molar-refractivity contribution < 1.29 is 28.6 Å². The normalized spacial score (nSPS) is 17.0. The molecular formula is C28H39N7O6. The molecule has 1 fully saturated rings. The van der Waals surface area contributed by atoms with Crippen molar-refractivity contribution in [3.05, 3.63) is 35.4 Å². The number of anilines is 4. The Bertz CT molecular complexity index is 1250. The van der Waals surface area contributed by atoms with E-state index in [2.05, 4.69) is 10.6 Å². The van der Waals surface area contributed by atoms with E-state index in [-0.39, 0.29) is 37.4 Å². The summed E-state index contributed by atoms with van der Waals surface area (Å²) in [4.78, 5) is 38.2. The number of likely N-dealkylation sites (tertiary alicyclic amines) is 1. The van der Waals surface area contributed by atoms with Crippen molar-refractivity contribution in [3.63, 3.8) is 0 Å². The standard InChI is InChI=1S/C28H39N7O6/c1-27(2,3)41-26(38)35-12-28(13-35)14-39-20-10-16(24(31)36)8-18(29)22(20)33-6-4-5-7-34-23-19(30)9-17(25(32)37)11-21(23)40-15-28/h8-11,33-34H,4-7,12-15,29-30H2,1-3H3,(H2,31,36)(H2,32,37). The molecule has 1 saturated heterocycles. The summed E-state index contributed by atoms with van der Waals surface area (Å²) in [6, 6.07) is 6.12. The number of carbonyl (C=O) groups is 3. The van der Waals surface area contributed by atoms with E-state index in [1.54, 1.807) is 37.8 Å². The molecule has 0 aromatic heterocycles. The Morgan fingerprint density at radius 3 is 1.66 bits per heavy atom. The predicted molar refractivity (Wildman–Crippen MR) is 156 cm³/mol. The van der Waals surface area contributed by atoms with Crippen LogP contribution >= 0.6 is 0 Å². The zero-order chi connectivity index (χ0) is 29.9. The summed E-state index contributed by atoms with van der Waals surface area (Å²) in [5.41, 5.74) is 24.5. The number of hydrogen-bond acceptors (Lipinski definition) is 10. The summed E-state index contributed by atoms with van der Waals surface area (Å²) in [5.74, 6) is -0.547. The number of benzene rings is 2. The molecule has 4 rings (SSSR count). The maximum atomic E-state index is 12.8. The van der Waals surface area contributed by atoms with Crippen molar-refractivity contribution in [3.8, 4) is 11.5 Å². The van der Waals surface area contributed by atoms with E-state index in [1.807, 2.05) is 0 Å². The molecule has 41 heavy (non-hydrogen) atoms. The molecular weight excluding hydrogens is 530 g/mol. The molecule has 3 amide bonds. The fraction of sp³-hybridized carbons (Fsp3) is 0.464. The number of primary amides is 2. The van der Waals surface area contributed by atoms with Crippen molar-refractivity contribution in [2.45, 2.75) is 39.2 Å². The van der Waals surface area contributed by atoms with Crippen molar-refractivity contribution in [2.75, 3.05) is 61.5 Å². The number of nitrogens with two attached hydrogens (primary N) is 4. The Kier molecular flexibility index (Phi) is 8.27. The van der Waals surface area contributed by atoms with Gasteiger partial charge >= 0.3 is 6.09 Å². The first-order valence-corrected chi connectivity index (χ1v) is 13.4. The number of nitrogens with zero attached hydrogens (tertiary/aromatic N) is 1. The van der Waals surface area contributed by atoms with Gasteiger partial charge in [0.15, 0.2) is 0 Å². The van der Waals surface area contributed by atoms with Gasteiger partial charge in [-0.15, -0.1) is 0 Å². The second kappa shape index (κ2) is 11.5. The lowest BCUT2D eigenvalue weighted by Gasteiger charge is -2.49. The van der Waals surface area contributed by atoms with Gasteiger partial charge in [0.05, 0.1) is 16.8 Å². The van der Waals surface area contributed by atoms with E-state index in [0.29, 0.717) is 47.3 Å². The minimum Gasteiger partial charge on any atom is -0.490 e. The minimum absolute atomic E-state index is 0.108. The van der Waals surface area contributed by atoms with E-state index in [0.717, 1.165) is 12.8 Å². The Morgan fingerprint density at radius 1 is 0.829 bits per heavy atom. The largest absolute Gasteiger partial charge is 0.490 e. The third kappa shape index (κ3) is 6.97. The monoisotopic (exact) mass is 569 g/mol. The molecule has 2 aliphatic rings. The molecule has 13 heteroatoms. The average Bonchev–Trinajstić information content (AvgIpc) is 2.85. The highest BCUT2D eigenvalue weighted by molar-refractivity contribution is 5.97. The molecule has 0 aliphatic carbocycles. The summed E-state index contributed by atoms with van der Waals surface area (Å²) in [6.45, 7) is 7.30. The van der Waals surface area contributed by atoms with Gasteiger partial charge in [-0.05, 0) is 57.9 Å². The van der Waals surface area contributed by atoms with Crippen LogP contribution in [-0.2, 0) is 4.74 Å². The van der Waals surface area contributed by atoms with E-state index < -0.39 is 28.9 Å². The van der Waals surface area contributed by atoms with Gasteiger partial charge in [0, 0.05) is 37.3 Å². The average molecular weight is 570 g/mol. The zero-order valence-electron chi connectivity index (χ0n) is 23.7. The number of ether oxygens (including phenoxy) is 3. The number of carbonyl (C=O) groups excluding carboxylic acids is 3. The van der Waals surface area contributed by atoms with Gasteiger partial charge in [-0.1, -0.05) is 0 Å². The Labute approximate surface area is 238 Å². The second-order valence-electron chi connectivity index (χ2n) is 11.6. The van der Waals surface area contributed by atoms with Crippen molar-refractivity contribution in [1.82, 2.24) is 4.90 Å². The molecule has 0 radical (unpaired) electrons. The van der Waals surface area contributed by atoms with Crippen LogP contribution in [0.15, 0.2) is 24.3 Å². The van der Waals surface area contributed by atoms with Gasteiger partial charge in [-0.2, -0.15) is 0 Å². The van der Waals surface area contributed by atoms with Crippen LogP contribution < -0.4 is 43.0 Å². The summed E-state index contributed by atoms with van der Waals surface area (Å²) in [5, 5.41) is 6.62. The van der Waals surface area contributed by atoms with Gasteiger partial charge in [-0.25, -0.2) is 4.79 Å². The quantitative estimate of drug-likeness (QED) is 0.291. The fourth-order valence-electron chi connectivity index (χ4n) is 4.75. The van der Waals surface area contributed by atoms with Crippen LogP contribution in [0.2, 0.25) is 0 Å². The number of rotatable bonds is 2. The minimum atomic E-state index is -0.680.